The Morgan fingerprint density at radius 2 is 1.69 bits per heavy atom. The molecule has 1 heterocycles. The summed E-state index contributed by atoms with van der Waals surface area (Å²) < 4.78 is 15.9. The van der Waals surface area contributed by atoms with Gasteiger partial charge in [0.2, 0.25) is 0 Å². The van der Waals surface area contributed by atoms with Crippen molar-refractivity contribution in [3.63, 3.8) is 0 Å². The molecule has 3 aromatic rings. The molecule has 1 aromatic heterocycles. The third-order valence-electron chi connectivity index (χ3n) is 4.05. The average molecular weight is 352 g/mol. The Morgan fingerprint density at radius 1 is 0.962 bits per heavy atom. The first-order valence-electron chi connectivity index (χ1n) is 8.09. The molecule has 0 aliphatic heterocycles. The fraction of sp³-hybridized carbons (Fsp3) is 0.200. The van der Waals surface area contributed by atoms with Crippen LogP contribution in [0.1, 0.15) is 16.1 Å². The lowest BCUT2D eigenvalue weighted by molar-refractivity contribution is 0.0946. The van der Waals surface area contributed by atoms with Gasteiger partial charge >= 0.3 is 0 Å². The minimum atomic E-state index is -0.285. The number of fused-ring (bicyclic) bond motifs is 1. The van der Waals surface area contributed by atoms with Crippen molar-refractivity contribution in [2.24, 2.45) is 0 Å². The van der Waals surface area contributed by atoms with Crippen molar-refractivity contribution >= 4 is 16.8 Å². The summed E-state index contributed by atoms with van der Waals surface area (Å²) in [6, 6.07) is 14.7. The lowest BCUT2D eigenvalue weighted by Crippen LogP contribution is -2.24. The number of hydrogen-bond donors (Lipinski definition) is 1. The van der Waals surface area contributed by atoms with Crippen LogP contribution in [0.4, 0.5) is 0 Å². The van der Waals surface area contributed by atoms with E-state index in [2.05, 4.69) is 10.3 Å². The smallest absolute Gasteiger partial charge is 0.270 e. The highest BCUT2D eigenvalue weighted by molar-refractivity contribution is 5.98. The number of carbonyl (C=O) groups is 1. The lowest BCUT2D eigenvalue weighted by Gasteiger charge is -2.11. The van der Waals surface area contributed by atoms with Crippen molar-refractivity contribution in [1.82, 2.24) is 10.3 Å². The minimum absolute atomic E-state index is 0.271. The van der Waals surface area contributed by atoms with Crippen molar-refractivity contribution in [3.8, 4) is 17.2 Å². The van der Waals surface area contributed by atoms with Gasteiger partial charge in [-0.2, -0.15) is 0 Å². The first-order chi connectivity index (χ1) is 12.7. The first-order valence-corrected chi connectivity index (χ1v) is 8.09. The number of benzene rings is 2. The second kappa shape index (κ2) is 7.74. The van der Waals surface area contributed by atoms with Crippen LogP contribution < -0.4 is 19.5 Å². The molecule has 0 bridgehead atoms. The summed E-state index contributed by atoms with van der Waals surface area (Å²) in [4.78, 5) is 17.0. The number of para-hydroxylation sites is 1. The number of amides is 1. The molecule has 0 radical (unpaired) electrons. The second-order valence-electron chi connectivity index (χ2n) is 5.60. The third-order valence-corrected chi connectivity index (χ3v) is 4.05. The zero-order valence-electron chi connectivity index (χ0n) is 14.9. The highest BCUT2D eigenvalue weighted by Crippen LogP contribution is 2.31. The van der Waals surface area contributed by atoms with E-state index in [-0.39, 0.29) is 11.6 Å². The van der Waals surface area contributed by atoms with Crippen LogP contribution in [0.25, 0.3) is 10.9 Å². The molecule has 26 heavy (non-hydrogen) atoms. The van der Waals surface area contributed by atoms with E-state index in [4.69, 9.17) is 14.2 Å². The Morgan fingerprint density at radius 3 is 2.35 bits per heavy atom. The van der Waals surface area contributed by atoms with Gasteiger partial charge in [-0.15, -0.1) is 0 Å². The molecule has 0 saturated heterocycles. The monoisotopic (exact) mass is 352 g/mol. The zero-order chi connectivity index (χ0) is 18.5. The van der Waals surface area contributed by atoms with E-state index >= 15 is 0 Å². The minimum Gasteiger partial charge on any atom is -0.497 e. The highest BCUT2D eigenvalue weighted by Gasteiger charge is 2.15. The molecule has 0 aliphatic rings. The molecule has 134 valence electrons. The van der Waals surface area contributed by atoms with Gasteiger partial charge in [-0.05, 0) is 29.8 Å². The standard InChI is InChI=1S/C20H20N2O4/c1-24-14-9-7-13(8-10-14)12-21-20(23)16-11-18(26-3)15-5-4-6-17(25-2)19(15)22-16/h4-11H,12H2,1-3H3,(H,21,23). The van der Waals surface area contributed by atoms with Crippen LogP contribution in [0.3, 0.4) is 0 Å². The van der Waals surface area contributed by atoms with Crippen LogP contribution in [-0.2, 0) is 6.54 Å². The van der Waals surface area contributed by atoms with Crippen LogP contribution >= 0.6 is 0 Å². The maximum Gasteiger partial charge on any atom is 0.270 e. The van der Waals surface area contributed by atoms with Crippen LogP contribution in [0.5, 0.6) is 17.2 Å². The normalized spacial score (nSPS) is 10.4. The fourth-order valence-corrected chi connectivity index (χ4v) is 2.66. The Bertz CT molecular complexity index is 923. The van der Waals surface area contributed by atoms with Gasteiger partial charge in [-0.25, -0.2) is 4.98 Å². The summed E-state index contributed by atoms with van der Waals surface area (Å²) in [6.45, 7) is 0.386. The Labute approximate surface area is 151 Å². The van der Waals surface area contributed by atoms with E-state index in [0.717, 1.165) is 16.7 Å². The number of rotatable bonds is 6. The summed E-state index contributed by atoms with van der Waals surface area (Å²) in [7, 11) is 4.75. The topological polar surface area (TPSA) is 69.7 Å². The summed E-state index contributed by atoms with van der Waals surface area (Å²) in [5.74, 6) is 1.65. The number of nitrogens with zero attached hydrogens (tertiary/aromatic N) is 1. The molecule has 0 unspecified atom stereocenters. The van der Waals surface area contributed by atoms with Gasteiger partial charge in [-0.1, -0.05) is 18.2 Å². The van der Waals surface area contributed by atoms with E-state index in [9.17, 15) is 4.79 Å². The highest BCUT2D eigenvalue weighted by atomic mass is 16.5. The predicted octanol–water partition coefficient (Wildman–Crippen LogP) is 3.19. The summed E-state index contributed by atoms with van der Waals surface area (Å²) in [5, 5.41) is 3.66. The van der Waals surface area contributed by atoms with Gasteiger partial charge < -0.3 is 19.5 Å². The van der Waals surface area contributed by atoms with Crippen molar-refractivity contribution < 1.29 is 19.0 Å². The molecule has 0 atom stereocenters. The third kappa shape index (κ3) is 3.54. The Hall–Kier alpha value is -3.28. The predicted molar refractivity (Wildman–Crippen MR) is 99.0 cm³/mol. The fourth-order valence-electron chi connectivity index (χ4n) is 2.66. The van der Waals surface area contributed by atoms with Crippen LogP contribution in [0, 0.1) is 0 Å². The quantitative estimate of drug-likeness (QED) is 0.738. The molecule has 6 heteroatoms. The SMILES string of the molecule is COc1ccc(CNC(=O)c2cc(OC)c3cccc(OC)c3n2)cc1. The largest absolute Gasteiger partial charge is 0.497 e. The molecule has 0 aliphatic carbocycles. The zero-order valence-corrected chi connectivity index (χ0v) is 14.9. The molecule has 0 spiro atoms. The number of pyridine rings is 1. The second-order valence-corrected chi connectivity index (χ2v) is 5.60. The number of hydrogen-bond acceptors (Lipinski definition) is 5. The number of aromatic nitrogens is 1. The lowest BCUT2D eigenvalue weighted by atomic mass is 10.1. The van der Waals surface area contributed by atoms with E-state index in [1.165, 1.54) is 0 Å². The molecule has 0 saturated carbocycles. The molecule has 1 amide bonds. The van der Waals surface area contributed by atoms with Gasteiger partial charge in [0.05, 0.1) is 21.3 Å². The Balaban J connectivity index is 1.85. The maximum atomic E-state index is 12.6. The summed E-state index contributed by atoms with van der Waals surface area (Å²) >= 11 is 0. The molecule has 3 rings (SSSR count). The van der Waals surface area contributed by atoms with E-state index in [1.807, 2.05) is 36.4 Å². The van der Waals surface area contributed by atoms with Crippen LogP contribution in [-0.4, -0.2) is 32.2 Å². The average Bonchev–Trinajstić information content (AvgIpc) is 2.70. The van der Waals surface area contributed by atoms with E-state index < -0.39 is 0 Å². The first kappa shape index (κ1) is 17.5. The van der Waals surface area contributed by atoms with E-state index in [1.54, 1.807) is 33.5 Å². The number of carbonyl (C=O) groups excluding carboxylic acids is 1. The van der Waals surface area contributed by atoms with Crippen LogP contribution in [0.2, 0.25) is 0 Å². The Kier molecular flexibility index (Phi) is 5.22. The van der Waals surface area contributed by atoms with Gasteiger partial charge in [0.1, 0.15) is 28.5 Å². The molecule has 2 aromatic carbocycles. The molecular formula is C20H20N2O4. The molecule has 6 nitrogen and oxygen atoms in total. The number of ether oxygens (including phenoxy) is 3. The van der Waals surface area contributed by atoms with Gasteiger partial charge in [0.15, 0.2) is 0 Å². The van der Waals surface area contributed by atoms with Crippen molar-refractivity contribution in [3.05, 3.63) is 59.8 Å². The van der Waals surface area contributed by atoms with Crippen molar-refractivity contribution in [1.29, 1.82) is 0 Å². The van der Waals surface area contributed by atoms with Gasteiger partial charge in [-0.3, -0.25) is 4.79 Å². The van der Waals surface area contributed by atoms with Gasteiger partial charge in [0.25, 0.3) is 5.91 Å². The van der Waals surface area contributed by atoms with E-state index in [0.29, 0.717) is 23.6 Å². The molecular weight excluding hydrogens is 332 g/mol. The number of methoxy groups -OCH3 is 3. The molecule has 1 N–H and O–H groups in total. The van der Waals surface area contributed by atoms with Crippen molar-refractivity contribution in [2.75, 3.05) is 21.3 Å². The van der Waals surface area contributed by atoms with Crippen molar-refractivity contribution in [2.45, 2.75) is 6.54 Å². The molecule has 0 fully saturated rings. The summed E-state index contributed by atoms with van der Waals surface area (Å²) in [5.41, 5.74) is 1.82. The number of nitrogens with one attached hydrogen (secondary N) is 1. The van der Waals surface area contributed by atoms with Gasteiger partial charge in [0, 0.05) is 18.0 Å². The maximum absolute atomic E-state index is 12.6. The van der Waals surface area contributed by atoms with Crippen LogP contribution in [0.15, 0.2) is 48.5 Å². The summed E-state index contributed by atoms with van der Waals surface area (Å²) in [6.07, 6.45) is 0.